The number of hydrogen-bond acceptors (Lipinski definition) is 5. The van der Waals surface area contributed by atoms with Crippen molar-refractivity contribution in [1.82, 2.24) is 25.4 Å². The molecule has 33 heavy (non-hydrogen) atoms. The maximum atomic E-state index is 12.9. The van der Waals surface area contributed by atoms with Crippen LogP contribution in [0.4, 0.5) is 13.2 Å². The molecular formula is C24H24F3N5O. The fraction of sp³-hybridized carbons (Fsp3) is 0.333. The summed E-state index contributed by atoms with van der Waals surface area (Å²) in [5.41, 5.74) is 3.32. The van der Waals surface area contributed by atoms with Crippen molar-refractivity contribution < 1.29 is 18.0 Å². The molecule has 172 valence electrons. The summed E-state index contributed by atoms with van der Waals surface area (Å²) in [6.07, 6.45) is 0.386. The molecule has 3 aromatic rings. The average Bonchev–Trinajstić information content (AvgIpc) is 3.15. The van der Waals surface area contributed by atoms with Crippen LogP contribution in [-0.2, 0) is 25.8 Å². The number of nitrogens with zero attached hydrogens (tertiary/aromatic N) is 4. The summed E-state index contributed by atoms with van der Waals surface area (Å²) in [4.78, 5) is 19.4. The summed E-state index contributed by atoms with van der Waals surface area (Å²) >= 11 is 0. The molecule has 0 fully saturated rings. The summed E-state index contributed by atoms with van der Waals surface area (Å²) in [5, 5.41) is 10.4. The highest BCUT2D eigenvalue weighted by Crippen LogP contribution is 2.39. The molecule has 9 heteroatoms. The van der Waals surface area contributed by atoms with Gasteiger partial charge in [-0.1, -0.05) is 26.0 Å². The molecule has 2 aromatic heterocycles. The minimum atomic E-state index is -4.35. The van der Waals surface area contributed by atoms with Crippen LogP contribution in [0.3, 0.4) is 0 Å². The van der Waals surface area contributed by atoms with Crippen LogP contribution in [-0.4, -0.2) is 26.0 Å². The van der Waals surface area contributed by atoms with Crippen molar-refractivity contribution in [3.05, 3.63) is 88.5 Å². The molecule has 0 spiro atoms. The first-order valence-electron chi connectivity index (χ1n) is 10.6. The molecule has 0 bridgehead atoms. The standard InChI is InChI=1S/C24H24F3N5O/c1-15(2)22-21-19(14-32(22)13-16-3-5-20(6-4-16)24(25,26)27)9-18(12-28-21)23(33)29-10-17-7-8-30-31-11-17/h3-9,11-12,15,22H,10,13-14H2,1-2H3,(H,29,33)/t22-/m0/s1. The van der Waals surface area contributed by atoms with Gasteiger partial charge in [0.2, 0.25) is 0 Å². The lowest BCUT2D eigenvalue weighted by atomic mass is 9.99. The van der Waals surface area contributed by atoms with Crippen molar-refractivity contribution in [2.75, 3.05) is 0 Å². The number of rotatable bonds is 6. The first kappa shape index (κ1) is 22.8. The summed E-state index contributed by atoms with van der Waals surface area (Å²) < 4.78 is 38.6. The first-order chi connectivity index (χ1) is 15.7. The smallest absolute Gasteiger partial charge is 0.348 e. The van der Waals surface area contributed by atoms with Gasteiger partial charge in [0.05, 0.1) is 29.1 Å². The summed E-state index contributed by atoms with van der Waals surface area (Å²) in [6.45, 7) is 5.57. The lowest BCUT2D eigenvalue weighted by molar-refractivity contribution is -0.137. The van der Waals surface area contributed by atoms with Crippen LogP contribution in [0.1, 0.15) is 58.2 Å². The van der Waals surface area contributed by atoms with Crippen molar-refractivity contribution in [1.29, 1.82) is 0 Å². The number of alkyl halides is 3. The summed E-state index contributed by atoms with van der Waals surface area (Å²) in [5.74, 6) is 0.0106. The second kappa shape index (κ2) is 9.27. The van der Waals surface area contributed by atoms with Gasteiger partial charge >= 0.3 is 6.18 Å². The zero-order chi connectivity index (χ0) is 23.6. The van der Waals surface area contributed by atoms with Crippen molar-refractivity contribution in [2.45, 2.75) is 45.7 Å². The van der Waals surface area contributed by atoms with Crippen molar-refractivity contribution in [3.8, 4) is 0 Å². The van der Waals surface area contributed by atoms with Gasteiger partial charge in [0.15, 0.2) is 0 Å². The molecule has 1 amide bonds. The maximum absolute atomic E-state index is 12.9. The third-order valence-corrected chi connectivity index (χ3v) is 5.71. The van der Waals surface area contributed by atoms with Gasteiger partial charge in [-0.15, -0.1) is 0 Å². The van der Waals surface area contributed by atoms with Crippen LogP contribution in [0.5, 0.6) is 0 Å². The quantitative estimate of drug-likeness (QED) is 0.591. The Kier molecular flexibility index (Phi) is 6.42. The maximum Gasteiger partial charge on any atom is 0.416 e. The Morgan fingerprint density at radius 2 is 1.88 bits per heavy atom. The lowest BCUT2D eigenvalue weighted by Crippen LogP contribution is -2.25. The van der Waals surface area contributed by atoms with Crippen LogP contribution >= 0.6 is 0 Å². The highest BCUT2D eigenvalue weighted by atomic mass is 19.4. The van der Waals surface area contributed by atoms with Crippen LogP contribution in [0.15, 0.2) is 55.0 Å². The number of carbonyl (C=O) groups excluding carboxylic acids is 1. The SMILES string of the molecule is CC(C)[C@H]1c2ncc(C(=O)NCc3ccnnc3)cc2CN1Cc1ccc(C(F)(F)F)cc1. The molecule has 1 N–H and O–H groups in total. The number of carbonyl (C=O) groups is 1. The van der Waals surface area contributed by atoms with E-state index in [4.69, 9.17) is 0 Å². The van der Waals surface area contributed by atoms with E-state index < -0.39 is 11.7 Å². The van der Waals surface area contributed by atoms with E-state index in [2.05, 4.69) is 39.2 Å². The van der Waals surface area contributed by atoms with E-state index in [1.807, 2.05) is 6.07 Å². The van der Waals surface area contributed by atoms with Gasteiger partial charge in [0.25, 0.3) is 5.91 Å². The molecule has 0 radical (unpaired) electrons. The molecule has 0 saturated carbocycles. The van der Waals surface area contributed by atoms with Gasteiger partial charge < -0.3 is 5.32 Å². The largest absolute Gasteiger partial charge is 0.416 e. The molecular weight excluding hydrogens is 431 g/mol. The molecule has 0 unspecified atom stereocenters. The monoisotopic (exact) mass is 455 g/mol. The second-order valence-electron chi connectivity index (χ2n) is 8.49. The number of amides is 1. The van der Waals surface area contributed by atoms with Crippen molar-refractivity contribution in [3.63, 3.8) is 0 Å². The lowest BCUT2D eigenvalue weighted by Gasteiger charge is -2.27. The van der Waals surface area contributed by atoms with E-state index in [0.29, 0.717) is 25.2 Å². The Bertz CT molecular complexity index is 1120. The minimum absolute atomic E-state index is 0.0160. The fourth-order valence-electron chi connectivity index (χ4n) is 4.16. The van der Waals surface area contributed by atoms with Crippen LogP contribution in [0.2, 0.25) is 0 Å². The van der Waals surface area contributed by atoms with Gasteiger partial charge in [-0.2, -0.15) is 23.4 Å². The van der Waals surface area contributed by atoms with E-state index in [1.54, 1.807) is 24.7 Å². The Hall–Kier alpha value is -3.33. The van der Waals surface area contributed by atoms with Crippen molar-refractivity contribution in [2.24, 2.45) is 5.92 Å². The van der Waals surface area contributed by atoms with Gasteiger partial charge in [-0.05, 0) is 46.9 Å². The number of nitrogens with one attached hydrogen (secondary N) is 1. The predicted molar refractivity (Wildman–Crippen MR) is 116 cm³/mol. The highest BCUT2D eigenvalue weighted by Gasteiger charge is 2.35. The Morgan fingerprint density at radius 3 is 2.52 bits per heavy atom. The predicted octanol–water partition coefficient (Wildman–Crippen LogP) is 4.53. The molecule has 6 nitrogen and oxygen atoms in total. The Labute approximate surface area is 189 Å². The minimum Gasteiger partial charge on any atom is -0.348 e. The van der Waals surface area contributed by atoms with Gasteiger partial charge in [-0.25, -0.2) is 0 Å². The molecule has 0 saturated heterocycles. The molecule has 0 aliphatic carbocycles. The van der Waals surface area contributed by atoms with E-state index in [9.17, 15) is 18.0 Å². The second-order valence-corrected chi connectivity index (χ2v) is 8.49. The van der Waals surface area contributed by atoms with E-state index in [-0.39, 0.29) is 17.9 Å². The zero-order valence-corrected chi connectivity index (χ0v) is 18.3. The highest BCUT2D eigenvalue weighted by molar-refractivity contribution is 5.94. The van der Waals surface area contributed by atoms with Crippen LogP contribution in [0.25, 0.3) is 0 Å². The van der Waals surface area contributed by atoms with E-state index >= 15 is 0 Å². The molecule has 1 aliphatic rings. The van der Waals surface area contributed by atoms with Crippen LogP contribution in [0, 0.1) is 5.92 Å². The third-order valence-electron chi connectivity index (χ3n) is 5.71. The molecule has 4 rings (SSSR count). The fourth-order valence-corrected chi connectivity index (χ4v) is 4.16. The zero-order valence-electron chi connectivity index (χ0n) is 18.3. The Morgan fingerprint density at radius 1 is 1.12 bits per heavy atom. The number of aromatic nitrogens is 3. The van der Waals surface area contributed by atoms with Gasteiger partial charge in [0.1, 0.15) is 0 Å². The molecule has 1 aliphatic heterocycles. The summed E-state index contributed by atoms with van der Waals surface area (Å²) in [6, 6.07) is 8.91. The normalized spacial score (nSPS) is 16.1. The number of benzene rings is 1. The average molecular weight is 455 g/mol. The van der Waals surface area contributed by atoms with E-state index in [1.165, 1.54) is 12.1 Å². The molecule has 1 aromatic carbocycles. The van der Waals surface area contributed by atoms with E-state index in [0.717, 1.165) is 34.5 Å². The Balaban J connectivity index is 1.48. The number of fused-ring (bicyclic) bond motifs is 1. The van der Waals surface area contributed by atoms with Gasteiger partial charge in [0, 0.05) is 32.0 Å². The number of hydrogen-bond donors (Lipinski definition) is 1. The number of halogens is 3. The third kappa shape index (κ3) is 5.19. The topological polar surface area (TPSA) is 71.0 Å². The molecule has 1 atom stereocenters. The van der Waals surface area contributed by atoms with Gasteiger partial charge in [-0.3, -0.25) is 14.7 Å². The number of pyridine rings is 1. The molecule has 3 heterocycles. The van der Waals surface area contributed by atoms with Crippen molar-refractivity contribution >= 4 is 5.91 Å². The summed E-state index contributed by atoms with van der Waals surface area (Å²) in [7, 11) is 0. The first-order valence-corrected chi connectivity index (χ1v) is 10.6. The van der Waals surface area contributed by atoms with Crippen LogP contribution < -0.4 is 5.32 Å².